The van der Waals surface area contributed by atoms with Crippen molar-refractivity contribution in [3.8, 4) is 0 Å². The molecular formula is C10H22N2O3S. The standard InChI is InChI=1S/C10H22N2O3S/c1-5-12(16(4,14)15)8-6-7-11-10(13)9(2)3/h9H,5-8H2,1-4H3,(H,11,13). The van der Waals surface area contributed by atoms with E-state index in [9.17, 15) is 13.2 Å². The molecule has 0 aromatic rings. The Morgan fingerprint density at radius 1 is 1.38 bits per heavy atom. The van der Waals surface area contributed by atoms with Gasteiger partial charge in [-0.05, 0) is 6.42 Å². The molecule has 0 aromatic heterocycles. The van der Waals surface area contributed by atoms with Crippen LogP contribution >= 0.6 is 0 Å². The summed E-state index contributed by atoms with van der Waals surface area (Å²) < 4.78 is 23.9. The minimum atomic E-state index is -3.11. The van der Waals surface area contributed by atoms with Gasteiger partial charge in [-0.2, -0.15) is 0 Å². The molecule has 6 heteroatoms. The van der Waals surface area contributed by atoms with Crippen LogP contribution in [0.2, 0.25) is 0 Å². The third kappa shape index (κ3) is 6.07. The molecule has 16 heavy (non-hydrogen) atoms. The highest BCUT2D eigenvalue weighted by atomic mass is 32.2. The molecule has 0 aliphatic heterocycles. The Kier molecular flexibility index (Phi) is 6.59. The summed E-state index contributed by atoms with van der Waals surface area (Å²) in [6.07, 6.45) is 1.84. The Morgan fingerprint density at radius 2 is 1.94 bits per heavy atom. The van der Waals surface area contributed by atoms with Crippen molar-refractivity contribution in [3.63, 3.8) is 0 Å². The summed E-state index contributed by atoms with van der Waals surface area (Å²) in [6.45, 7) is 6.88. The van der Waals surface area contributed by atoms with Crippen LogP contribution in [0.3, 0.4) is 0 Å². The number of carbonyl (C=O) groups excluding carboxylic acids is 1. The van der Waals surface area contributed by atoms with E-state index in [0.29, 0.717) is 26.1 Å². The van der Waals surface area contributed by atoms with E-state index in [2.05, 4.69) is 5.32 Å². The van der Waals surface area contributed by atoms with Crippen molar-refractivity contribution in [1.29, 1.82) is 0 Å². The molecule has 0 fully saturated rings. The molecule has 0 unspecified atom stereocenters. The predicted molar refractivity (Wildman–Crippen MR) is 64.6 cm³/mol. The first-order valence-electron chi connectivity index (χ1n) is 5.51. The van der Waals surface area contributed by atoms with Crippen molar-refractivity contribution in [3.05, 3.63) is 0 Å². The number of sulfonamides is 1. The van der Waals surface area contributed by atoms with E-state index >= 15 is 0 Å². The molecule has 0 radical (unpaired) electrons. The molecule has 0 saturated carbocycles. The minimum absolute atomic E-state index is 0.00223. The zero-order valence-corrected chi connectivity index (χ0v) is 11.3. The Morgan fingerprint density at radius 3 is 2.31 bits per heavy atom. The van der Waals surface area contributed by atoms with Gasteiger partial charge in [0.05, 0.1) is 6.26 Å². The van der Waals surface area contributed by atoms with Gasteiger partial charge >= 0.3 is 0 Å². The highest BCUT2D eigenvalue weighted by Gasteiger charge is 2.13. The van der Waals surface area contributed by atoms with Gasteiger partial charge in [0, 0.05) is 25.6 Å². The van der Waals surface area contributed by atoms with Crippen LogP contribution in [0.1, 0.15) is 27.2 Å². The molecule has 0 saturated heterocycles. The molecule has 96 valence electrons. The van der Waals surface area contributed by atoms with E-state index in [4.69, 9.17) is 0 Å². The van der Waals surface area contributed by atoms with Crippen LogP contribution < -0.4 is 5.32 Å². The number of amides is 1. The fraction of sp³-hybridized carbons (Fsp3) is 0.900. The smallest absolute Gasteiger partial charge is 0.222 e. The lowest BCUT2D eigenvalue weighted by Gasteiger charge is -2.17. The summed E-state index contributed by atoms with van der Waals surface area (Å²) >= 11 is 0. The van der Waals surface area contributed by atoms with Crippen molar-refractivity contribution < 1.29 is 13.2 Å². The van der Waals surface area contributed by atoms with Gasteiger partial charge in [0.25, 0.3) is 0 Å². The number of hydrogen-bond donors (Lipinski definition) is 1. The van der Waals surface area contributed by atoms with Crippen molar-refractivity contribution >= 4 is 15.9 Å². The van der Waals surface area contributed by atoms with Crippen LogP contribution in [-0.4, -0.2) is 44.5 Å². The molecule has 0 bridgehead atoms. The zero-order valence-electron chi connectivity index (χ0n) is 10.5. The van der Waals surface area contributed by atoms with Gasteiger partial charge in [-0.15, -0.1) is 0 Å². The Hall–Kier alpha value is -0.620. The third-order valence-electron chi connectivity index (χ3n) is 2.23. The fourth-order valence-corrected chi connectivity index (χ4v) is 2.16. The summed E-state index contributed by atoms with van der Waals surface area (Å²) in [6, 6.07) is 0. The number of nitrogens with zero attached hydrogens (tertiary/aromatic N) is 1. The fourth-order valence-electron chi connectivity index (χ4n) is 1.23. The normalized spacial score (nSPS) is 12.1. The number of nitrogens with one attached hydrogen (secondary N) is 1. The number of rotatable bonds is 7. The summed E-state index contributed by atoms with van der Waals surface area (Å²) in [7, 11) is -3.11. The number of hydrogen-bond acceptors (Lipinski definition) is 3. The van der Waals surface area contributed by atoms with Crippen LogP contribution in [0.25, 0.3) is 0 Å². The molecule has 0 aliphatic carbocycles. The zero-order chi connectivity index (χ0) is 12.8. The predicted octanol–water partition coefficient (Wildman–Crippen LogP) is 0.430. The van der Waals surface area contributed by atoms with Gasteiger partial charge in [-0.25, -0.2) is 12.7 Å². The van der Waals surface area contributed by atoms with Crippen molar-refractivity contribution in [2.24, 2.45) is 5.92 Å². The summed E-state index contributed by atoms with van der Waals surface area (Å²) in [4.78, 5) is 11.2. The van der Waals surface area contributed by atoms with Gasteiger partial charge in [0.2, 0.25) is 15.9 Å². The molecular weight excluding hydrogens is 228 g/mol. The van der Waals surface area contributed by atoms with Gasteiger partial charge < -0.3 is 5.32 Å². The van der Waals surface area contributed by atoms with Crippen LogP contribution in [-0.2, 0) is 14.8 Å². The van der Waals surface area contributed by atoms with Gasteiger partial charge in [-0.3, -0.25) is 4.79 Å². The second kappa shape index (κ2) is 6.85. The third-order valence-corrected chi connectivity index (χ3v) is 3.61. The van der Waals surface area contributed by atoms with Gasteiger partial charge in [-0.1, -0.05) is 20.8 Å². The van der Waals surface area contributed by atoms with Crippen molar-refractivity contribution in [2.45, 2.75) is 27.2 Å². The summed E-state index contributed by atoms with van der Waals surface area (Å²) in [5.41, 5.74) is 0. The van der Waals surface area contributed by atoms with Crippen LogP contribution in [0.5, 0.6) is 0 Å². The molecule has 0 aliphatic rings. The Labute approximate surface area is 98.3 Å². The summed E-state index contributed by atoms with van der Waals surface area (Å²) in [5.74, 6) is -0.0282. The minimum Gasteiger partial charge on any atom is -0.356 e. The lowest BCUT2D eigenvalue weighted by Crippen LogP contribution is -2.34. The van der Waals surface area contributed by atoms with E-state index in [1.807, 2.05) is 13.8 Å². The van der Waals surface area contributed by atoms with E-state index < -0.39 is 10.0 Å². The molecule has 0 aromatic carbocycles. The maximum absolute atomic E-state index is 11.2. The molecule has 0 spiro atoms. The molecule has 0 heterocycles. The molecule has 1 amide bonds. The first-order valence-corrected chi connectivity index (χ1v) is 7.36. The maximum atomic E-state index is 11.2. The number of carbonyl (C=O) groups is 1. The lowest BCUT2D eigenvalue weighted by molar-refractivity contribution is -0.123. The van der Waals surface area contributed by atoms with E-state index in [1.165, 1.54) is 10.6 Å². The second-order valence-corrected chi connectivity index (χ2v) is 6.04. The van der Waals surface area contributed by atoms with Crippen molar-refractivity contribution in [1.82, 2.24) is 9.62 Å². The lowest BCUT2D eigenvalue weighted by atomic mass is 10.2. The molecule has 0 atom stereocenters. The first kappa shape index (κ1) is 15.4. The largest absolute Gasteiger partial charge is 0.356 e. The summed E-state index contributed by atoms with van der Waals surface area (Å²) in [5, 5.41) is 2.75. The monoisotopic (exact) mass is 250 g/mol. The topological polar surface area (TPSA) is 66.5 Å². The van der Waals surface area contributed by atoms with Crippen LogP contribution in [0.4, 0.5) is 0 Å². The van der Waals surface area contributed by atoms with E-state index in [-0.39, 0.29) is 11.8 Å². The molecule has 5 nitrogen and oxygen atoms in total. The second-order valence-electron chi connectivity index (χ2n) is 4.05. The highest BCUT2D eigenvalue weighted by molar-refractivity contribution is 7.88. The average molecular weight is 250 g/mol. The quantitative estimate of drug-likeness (QED) is 0.666. The molecule has 1 N–H and O–H groups in total. The van der Waals surface area contributed by atoms with Gasteiger partial charge in [0.1, 0.15) is 0 Å². The SMILES string of the molecule is CCN(CCCNC(=O)C(C)C)S(C)(=O)=O. The first-order chi connectivity index (χ1) is 7.29. The van der Waals surface area contributed by atoms with E-state index in [0.717, 1.165) is 0 Å². The van der Waals surface area contributed by atoms with E-state index in [1.54, 1.807) is 6.92 Å². The van der Waals surface area contributed by atoms with Crippen LogP contribution in [0.15, 0.2) is 0 Å². The van der Waals surface area contributed by atoms with Crippen molar-refractivity contribution in [2.75, 3.05) is 25.9 Å². The Balaban J connectivity index is 3.86. The average Bonchev–Trinajstić information content (AvgIpc) is 2.15. The van der Waals surface area contributed by atoms with Crippen LogP contribution in [0, 0.1) is 5.92 Å². The van der Waals surface area contributed by atoms with Gasteiger partial charge in [0.15, 0.2) is 0 Å². The maximum Gasteiger partial charge on any atom is 0.222 e. The molecule has 0 rings (SSSR count). The Bertz CT molecular complexity index is 312. The highest BCUT2D eigenvalue weighted by Crippen LogP contribution is 1.98.